The third kappa shape index (κ3) is 1.54. The molecule has 1 aliphatic rings. The summed E-state index contributed by atoms with van der Waals surface area (Å²) >= 11 is 0. The lowest BCUT2D eigenvalue weighted by Gasteiger charge is -2.19. The van der Waals surface area contributed by atoms with Gasteiger partial charge < -0.3 is 5.32 Å². The van der Waals surface area contributed by atoms with Crippen molar-refractivity contribution in [2.45, 2.75) is 6.92 Å². The van der Waals surface area contributed by atoms with Gasteiger partial charge in [-0.3, -0.25) is 14.9 Å². The molecule has 1 rings (SSSR count). The third-order valence-corrected chi connectivity index (χ3v) is 1.51. The summed E-state index contributed by atoms with van der Waals surface area (Å²) in [6.45, 7) is 1.43. The van der Waals surface area contributed by atoms with Gasteiger partial charge in [0.25, 0.3) is 0 Å². The molecule has 0 bridgehead atoms. The van der Waals surface area contributed by atoms with E-state index in [1.54, 1.807) is 0 Å². The molecule has 5 nitrogen and oxygen atoms in total. The summed E-state index contributed by atoms with van der Waals surface area (Å²) < 4.78 is 0. The van der Waals surface area contributed by atoms with E-state index in [0.717, 1.165) is 0 Å². The number of rotatable bonds is 1. The molecule has 1 fully saturated rings. The van der Waals surface area contributed by atoms with E-state index in [1.165, 1.54) is 6.92 Å². The van der Waals surface area contributed by atoms with Gasteiger partial charge in [-0.05, 0) is 6.92 Å². The highest BCUT2D eigenvalue weighted by molar-refractivity contribution is 6.08. The van der Waals surface area contributed by atoms with Crippen LogP contribution in [0.25, 0.3) is 0 Å². The maximum Gasteiger partial charge on any atom is 0.321 e. The molecule has 0 aromatic heterocycles. The minimum atomic E-state index is -0.715. The van der Waals surface area contributed by atoms with Gasteiger partial charge in [-0.25, -0.2) is 4.79 Å². The molecule has 60 valence electrons. The van der Waals surface area contributed by atoms with E-state index in [4.69, 9.17) is 0 Å². The summed E-state index contributed by atoms with van der Waals surface area (Å²) in [5.41, 5.74) is 0. The van der Waals surface area contributed by atoms with E-state index in [0.29, 0.717) is 0 Å². The average Bonchev–Trinajstić information content (AvgIpc) is 1.85. The van der Waals surface area contributed by atoms with Crippen molar-refractivity contribution in [1.29, 1.82) is 0 Å². The topological polar surface area (TPSA) is 75.3 Å². The van der Waals surface area contributed by atoms with Gasteiger partial charge >= 0.3 is 6.03 Å². The Morgan fingerprint density at radius 2 is 2.18 bits per heavy atom. The number of imide groups is 1. The lowest BCUT2D eigenvalue weighted by atomic mass is 10.0. The van der Waals surface area contributed by atoms with Crippen LogP contribution in [0.1, 0.15) is 6.92 Å². The Labute approximate surface area is 63.1 Å². The molecule has 0 radical (unpaired) electrons. The van der Waals surface area contributed by atoms with Crippen LogP contribution in [-0.4, -0.2) is 24.3 Å². The molecule has 0 aromatic carbocycles. The standard InChI is InChI=1S/C6H8N2O3/c1-3(9)4-2-7-6(11)8-5(4)10/h4H,2H2,1H3,(H2,7,8,10,11). The maximum atomic E-state index is 10.9. The van der Waals surface area contributed by atoms with E-state index in [9.17, 15) is 14.4 Å². The first kappa shape index (κ1) is 7.71. The van der Waals surface area contributed by atoms with Crippen LogP contribution >= 0.6 is 0 Å². The zero-order chi connectivity index (χ0) is 8.43. The second-order valence-electron chi connectivity index (χ2n) is 2.36. The van der Waals surface area contributed by atoms with Crippen molar-refractivity contribution >= 4 is 17.7 Å². The number of amides is 3. The zero-order valence-corrected chi connectivity index (χ0v) is 6.01. The van der Waals surface area contributed by atoms with Gasteiger partial charge in [-0.1, -0.05) is 0 Å². The minimum absolute atomic E-state index is 0.111. The van der Waals surface area contributed by atoms with Crippen LogP contribution in [0.3, 0.4) is 0 Å². The Morgan fingerprint density at radius 1 is 1.55 bits per heavy atom. The summed E-state index contributed by atoms with van der Waals surface area (Å²) in [6.07, 6.45) is 0. The lowest BCUT2D eigenvalue weighted by Crippen LogP contribution is -2.54. The Balaban J connectivity index is 2.65. The molecule has 1 saturated heterocycles. The SMILES string of the molecule is CC(=O)C1CNC(=O)NC1=O. The molecule has 3 amide bonds. The van der Waals surface area contributed by atoms with E-state index < -0.39 is 17.9 Å². The molecule has 2 N–H and O–H groups in total. The predicted molar refractivity (Wildman–Crippen MR) is 35.7 cm³/mol. The number of hydrogen-bond acceptors (Lipinski definition) is 3. The zero-order valence-electron chi connectivity index (χ0n) is 6.01. The smallest absolute Gasteiger partial charge is 0.321 e. The number of carbonyl (C=O) groups is 3. The molecule has 0 saturated carbocycles. The average molecular weight is 156 g/mol. The highest BCUT2D eigenvalue weighted by Crippen LogP contribution is 2.00. The fourth-order valence-electron chi connectivity index (χ4n) is 0.859. The molecule has 1 heterocycles. The van der Waals surface area contributed by atoms with Crippen molar-refractivity contribution in [3.8, 4) is 0 Å². The number of ketones is 1. The third-order valence-electron chi connectivity index (χ3n) is 1.51. The van der Waals surface area contributed by atoms with Crippen LogP contribution in [0.2, 0.25) is 0 Å². The molecule has 0 aromatic rings. The molecular weight excluding hydrogens is 148 g/mol. The van der Waals surface area contributed by atoms with Crippen molar-refractivity contribution in [2.75, 3.05) is 6.54 Å². The Bertz CT molecular complexity index is 224. The lowest BCUT2D eigenvalue weighted by molar-refractivity contribution is -0.132. The Morgan fingerprint density at radius 3 is 2.64 bits per heavy atom. The second kappa shape index (κ2) is 2.69. The van der Waals surface area contributed by atoms with Crippen molar-refractivity contribution < 1.29 is 14.4 Å². The van der Waals surface area contributed by atoms with Crippen LogP contribution in [0, 0.1) is 5.92 Å². The summed E-state index contributed by atoms with van der Waals surface area (Å²) in [5, 5.41) is 4.35. The molecule has 11 heavy (non-hydrogen) atoms. The van der Waals surface area contributed by atoms with Gasteiger partial charge in [-0.15, -0.1) is 0 Å². The van der Waals surface area contributed by atoms with Crippen LogP contribution < -0.4 is 10.6 Å². The number of urea groups is 1. The molecule has 0 spiro atoms. The molecular formula is C6H8N2O3. The first-order valence-electron chi connectivity index (χ1n) is 3.20. The van der Waals surface area contributed by atoms with Crippen molar-refractivity contribution in [2.24, 2.45) is 5.92 Å². The number of hydrogen-bond donors (Lipinski definition) is 2. The van der Waals surface area contributed by atoms with Gasteiger partial charge in [-0.2, -0.15) is 0 Å². The van der Waals surface area contributed by atoms with Gasteiger partial charge in [0.2, 0.25) is 5.91 Å². The van der Waals surface area contributed by atoms with E-state index in [2.05, 4.69) is 5.32 Å². The molecule has 0 aliphatic carbocycles. The van der Waals surface area contributed by atoms with E-state index >= 15 is 0 Å². The van der Waals surface area contributed by atoms with Gasteiger partial charge in [0.1, 0.15) is 11.7 Å². The van der Waals surface area contributed by atoms with E-state index in [-0.39, 0.29) is 12.3 Å². The normalized spacial score (nSPS) is 23.9. The molecule has 1 unspecified atom stereocenters. The number of carbonyl (C=O) groups excluding carboxylic acids is 3. The maximum absolute atomic E-state index is 10.9. The summed E-state index contributed by atoms with van der Waals surface area (Å²) in [7, 11) is 0. The second-order valence-corrected chi connectivity index (χ2v) is 2.36. The largest absolute Gasteiger partial charge is 0.337 e. The molecule has 1 aliphatic heterocycles. The fourth-order valence-corrected chi connectivity index (χ4v) is 0.859. The van der Waals surface area contributed by atoms with Gasteiger partial charge in [0.15, 0.2) is 0 Å². The van der Waals surface area contributed by atoms with Crippen molar-refractivity contribution in [3.63, 3.8) is 0 Å². The number of nitrogens with one attached hydrogen (secondary N) is 2. The highest BCUT2D eigenvalue weighted by atomic mass is 16.2. The van der Waals surface area contributed by atoms with Crippen molar-refractivity contribution in [1.82, 2.24) is 10.6 Å². The number of Topliss-reactive ketones (excluding diaryl/α,β-unsaturated/α-hetero) is 1. The summed E-state index contributed by atoms with van der Waals surface area (Å²) in [6, 6.07) is -0.535. The first-order chi connectivity index (χ1) is 5.11. The van der Waals surface area contributed by atoms with Crippen LogP contribution in [0.4, 0.5) is 4.79 Å². The molecule has 5 heteroatoms. The minimum Gasteiger partial charge on any atom is -0.337 e. The summed E-state index contributed by atoms with van der Waals surface area (Å²) in [4.78, 5) is 32.0. The van der Waals surface area contributed by atoms with Crippen LogP contribution in [0.15, 0.2) is 0 Å². The Kier molecular flexibility index (Phi) is 1.89. The monoisotopic (exact) mass is 156 g/mol. The van der Waals surface area contributed by atoms with E-state index in [1.807, 2.05) is 5.32 Å². The van der Waals surface area contributed by atoms with Crippen LogP contribution in [-0.2, 0) is 9.59 Å². The van der Waals surface area contributed by atoms with Crippen LogP contribution in [0.5, 0.6) is 0 Å². The molecule has 1 atom stereocenters. The highest BCUT2D eigenvalue weighted by Gasteiger charge is 2.29. The van der Waals surface area contributed by atoms with Crippen molar-refractivity contribution in [3.05, 3.63) is 0 Å². The quantitative estimate of drug-likeness (QED) is 0.480. The van der Waals surface area contributed by atoms with Gasteiger partial charge in [0, 0.05) is 6.54 Å². The van der Waals surface area contributed by atoms with Gasteiger partial charge in [0.05, 0.1) is 0 Å². The first-order valence-corrected chi connectivity index (χ1v) is 3.20. The Hall–Kier alpha value is -1.39. The predicted octanol–water partition coefficient (Wildman–Crippen LogP) is -0.969. The summed E-state index contributed by atoms with van der Waals surface area (Å²) in [5.74, 6) is -1.46. The fraction of sp³-hybridized carbons (Fsp3) is 0.500.